The molecule has 0 unspecified atom stereocenters. The molecule has 0 amide bonds. The third kappa shape index (κ3) is 14.9. The van der Waals surface area contributed by atoms with E-state index in [1.807, 2.05) is 19.1 Å². The molecule has 0 N–H and O–H groups in total. The molecule has 0 aliphatic rings. The van der Waals surface area contributed by atoms with Crippen LogP contribution in [-0.2, 0) is 4.74 Å². The molecule has 0 aromatic heterocycles. The Kier molecular flexibility index (Phi) is 18.3. The standard InChI is InChI=1S/C27H45ClO2S/c1-3-5-6-7-8-9-10-11-12-13-14-15-16-17-18-19-22-31-26-21-20-24(28)23-25(26)27(29)30-4-2/h20-21,23H,3-19,22H2,1-2H3. The molecule has 1 rings (SSSR count). The molecule has 0 saturated heterocycles. The Hall–Kier alpha value is -0.670. The third-order valence-electron chi connectivity index (χ3n) is 5.69. The van der Waals surface area contributed by atoms with Crippen LogP contribution in [0.25, 0.3) is 0 Å². The number of benzene rings is 1. The van der Waals surface area contributed by atoms with E-state index < -0.39 is 0 Å². The minimum Gasteiger partial charge on any atom is -0.462 e. The highest BCUT2D eigenvalue weighted by Crippen LogP contribution is 2.27. The molecule has 0 bridgehead atoms. The quantitative estimate of drug-likeness (QED) is 0.108. The van der Waals surface area contributed by atoms with Crippen LogP contribution in [0.3, 0.4) is 0 Å². The molecule has 2 nitrogen and oxygen atoms in total. The van der Waals surface area contributed by atoms with Crippen molar-refractivity contribution in [2.75, 3.05) is 12.4 Å². The van der Waals surface area contributed by atoms with Crippen LogP contribution in [0.4, 0.5) is 0 Å². The Morgan fingerprint density at radius 1 is 0.774 bits per heavy atom. The smallest absolute Gasteiger partial charge is 0.339 e. The van der Waals surface area contributed by atoms with Gasteiger partial charge in [-0.1, -0.05) is 115 Å². The lowest BCUT2D eigenvalue weighted by Gasteiger charge is -2.09. The van der Waals surface area contributed by atoms with Crippen LogP contribution >= 0.6 is 23.4 Å². The Balaban J connectivity index is 1.96. The molecular formula is C27H45ClO2S. The van der Waals surface area contributed by atoms with Crippen molar-refractivity contribution in [3.05, 3.63) is 28.8 Å². The Bertz CT molecular complexity index is 576. The van der Waals surface area contributed by atoms with Crippen molar-refractivity contribution < 1.29 is 9.53 Å². The number of rotatable bonds is 20. The second kappa shape index (κ2) is 20.0. The van der Waals surface area contributed by atoms with E-state index >= 15 is 0 Å². The fraction of sp³-hybridized carbons (Fsp3) is 0.741. The van der Waals surface area contributed by atoms with Gasteiger partial charge in [0.05, 0.1) is 12.2 Å². The zero-order valence-corrected chi connectivity index (χ0v) is 21.6. The minimum atomic E-state index is -0.278. The van der Waals surface area contributed by atoms with E-state index in [0.29, 0.717) is 17.2 Å². The summed E-state index contributed by atoms with van der Waals surface area (Å²) in [6.45, 7) is 4.49. The molecule has 178 valence electrons. The summed E-state index contributed by atoms with van der Waals surface area (Å²) < 4.78 is 5.15. The summed E-state index contributed by atoms with van der Waals surface area (Å²) in [5.74, 6) is 0.756. The van der Waals surface area contributed by atoms with Crippen LogP contribution in [0, 0.1) is 0 Å². The second-order valence-corrected chi connectivity index (χ2v) is 10.1. The number of hydrogen-bond donors (Lipinski definition) is 0. The number of halogens is 1. The van der Waals surface area contributed by atoms with Gasteiger partial charge in [-0.05, 0) is 37.3 Å². The van der Waals surface area contributed by atoms with Gasteiger partial charge in [0.15, 0.2) is 0 Å². The van der Waals surface area contributed by atoms with Gasteiger partial charge in [-0.2, -0.15) is 0 Å². The molecule has 1 aromatic rings. The molecule has 0 saturated carbocycles. The summed E-state index contributed by atoms with van der Waals surface area (Å²) in [6.07, 6.45) is 22.2. The summed E-state index contributed by atoms with van der Waals surface area (Å²) in [7, 11) is 0. The largest absolute Gasteiger partial charge is 0.462 e. The van der Waals surface area contributed by atoms with Crippen molar-refractivity contribution in [1.29, 1.82) is 0 Å². The Labute approximate surface area is 201 Å². The van der Waals surface area contributed by atoms with Crippen molar-refractivity contribution in [3.63, 3.8) is 0 Å². The first-order valence-corrected chi connectivity index (χ1v) is 14.1. The monoisotopic (exact) mass is 468 g/mol. The molecule has 4 heteroatoms. The molecule has 0 radical (unpaired) electrons. The normalized spacial score (nSPS) is 11.1. The van der Waals surface area contributed by atoms with E-state index in [9.17, 15) is 4.79 Å². The van der Waals surface area contributed by atoms with Gasteiger partial charge in [0.2, 0.25) is 0 Å². The summed E-state index contributed by atoms with van der Waals surface area (Å²) in [6, 6.07) is 5.50. The molecule has 0 aliphatic heterocycles. The SMILES string of the molecule is CCCCCCCCCCCCCCCCCCSc1ccc(Cl)cc1C(=O)OCC. The van der Waals surface area contributed by atoms with Crippen LogP contribution in [0.2, 0.25) is 5.02 Å². The van der Waals surface area contributed by atoms with Gasteiger partial charge in [-0.3, -0.25) is 0 Å². The fourth-order valence-corrected chi connectivity index (χ4v) is 5.03. The molecule has 0 spiro atoms. The van der Waals surface area contributed by atoms with Crippen LogP contribution in [0.15, 0.2) is 23.1 Å². The summed E-state index contributed by atoms with van der Waals surface area (Å²) in [5.41, 5.74) is 0.593. The highest BCUT2D eigenvalue weighted by atomic mass is 35.5. The third-order valence-corrected chi connectivity index (χ3v) is 7.09. The van der Waals surface area contributed by atoms with Crippen LogP contribution < -0.4 is 0 Å². The lowest BCUT2D eigenvalue weighted by atomic mass is 10.0. The molecule has 0 heterocycles. The summed E-state index contributed by atoms with van der Waals surface area (Å²) in [4.78, 5) is 13.1. The molecule has 1 aromatic carbocycles. The zero-order chi connectivity index (χ0) is 22.6. The van der Waals surface area contributed by atoms with Gasteiger partial charge < -0.3 is 4.74 Å². The maximum Gasteiger partial charge on any atom is 0.339 e. The topological polar surface area (TPSA) is 26.3 Å². The van der Waals surface area contributed by atoms with Gasteiger partial charge in [0.25, 0.3) is 0 Å². The second-order valence-electron chi connectivity index (χ2n) is 8.51. The number of carbonyl (C=O) groups excluding carboxylic acids is 1. The van der Waals surface area contributed by atoms with Crippen LogP contribution in [0.1, 0.15) is 127 Å². The average molecular weight is 469 g/mol. The highest BCUT2D eigenvalue weighted by Gasteiger charge is 2.13. The van der Waals surface area contributed by atoms with Gasteiger partial charge >= 0.3 is 5.97 Å². The van der Waals surface area contributed by atoms with Gasteiger partial charge in [0.1, 0.15) is 0 Å². The Morgan fingerprint density at radius 2 is 1.26 bits per heavy atom. The zero-order valence-electron chi connectivity index (χ0n) is 20.1. The maximum absolute atomic E-state index is 12.1. The predicted molar refractivity (Wildman–Crippen MR) is 138 cm³/mol. The van der Waals surface area contributed by atoms with Crippen molar-refractivity contribution in [1.82, 2.24) is 0 Å². The van der Waals surface area contributed by atoms with Crippen molar-refractivity contribution in [2.45, 2.75) is 121 Å². The number of thioether (sulfide) groups is 1. The summed E-state index contributed by atoms with van der Waals surface area (Å²) >= 11 is 7.79. The van der Waals surface area contributed by atoms with E-state index in [0.717, 1.165) is 10.6 Å². The lowest BCUT2D eigenvalue weighted by Crippen LogP contribution is -2.06. The average Bonchev–Trinajstić information content (AvgIpc) is 2.76. The molecule has 31 heavy (non-hydrogen) atoms. The van der Waals surface area contributed by atoms with E-state index in [4.69, 9.17) is 16.3 Å². The van der Waals surface area contributed by atoms with Crippen LogP contribution in [0.5, 0.6) is 0 Å². The maximum atomic E-state index is 12.1. The van der Waals surface area contributed by atoms with Gasteiger partial charge in [-0.25, -0.2) is 4.79 Å². The van der Waals surface area contributed by atoms with Crippen molar-refractivity contribution in [2.24, 2.45) is 0 Å². The fourth-order valence-electron chi connectivity index (χ4n) is 3.83. The molecule has 0 aliphatic carbocycles. The number of esters is 1. The van der Waals surface area contributed by atoms with Crippen molar-refractivity contribution in [3.8, 4) is 0 Å². The first kappa shape index (κ1) is 28.4. The molecular weight excluding hydrogens is 424 g/mol. The predicted octanol–water partition coefficient (Wildman–Crippen LogP) is 9.87. The number of ether oxygens (including phenoxy) is 1. The number of unbranched alkanes of at least 4 members (excludes halogenated alkanes) is 15. The van der Waals surface area contributed by atoms with E-state index in [1.165, 1.54) is 103 Å². The summed E-state index contributed by atoms with van der Waals surface area (Å²) in [5, 5.41) is 0.579. The van der Waals surface area contributed by atoms with Crippen LogP contribution in [-0.4, -0.2) is 18.3 Å². The Morgan fingerprint density at radius 3 is 1.74 bits per heavy atom. The highest BCUT2D eigenvalue weighted by molar-refractivity contribution is 7.99. The van der Waals surface area contributed by atoms with E-state index in [1.54, 1.807) is 17.8 Å². The number of hydrogen-bond acceptors (Lipinski definition) is 3. The van der Waals surface area contributed by atoms with Gasteiger partial charge in [-0.15, -0.1) is 11.8 Å². The number of carbonyl (C=O) groups is 1. The molecule has 0 atom stereocenters. The molecule has 0 fully saturated rings. The minimum absolute atomic E-state index is 0.278. The first-order valence-electron chi connectivity index (χ1n) is 12.8. The van der Waals surface area contributed by atoms with Gasteiger partial charge in [0, 0.05) is 9.92 Å². The van der Waals surface area contributed by atoms with Crippen molar-refractivity contribution >= 4 is 29.3 Å². The lowest BCUT2D eigenvalue weighted by molar-refractivity contribution is 0.0522. The van der Waals surface area contributed by atoms with E-state index in [2.05, 4.69) is 6.92 Å². The van der Waals surface area contributed by atoms with E-state index in [-0.39, 0.29) is 5.97 Å². The first-order chi connectivity index (χ1) is 15.2.